The van der Waals surface area contributed by atoms with Crippen LogP contribution in [0.5, 0.6) is 0 Å². The van der Waals surface area contributed by atoms with Gasteiger partial charge in [-0.2, -0.15) is 0 Å². The lowest BCUT2D eigenvalue weighted by molar-refractivity contribution is -0.125. The summed E-state index contributed by atoms with van der Waals surface area (Å²) in [4.78, 5) is 37.4. The van der Waals surface area contributed by atoms with Gasteiger partial charge in [0.1, 0.15) is 5.54 Å². The molecule has 0 radical (unpaired) electrons. The van der Waals surface area contributed by atoms with Crippen molar-refractivity contribution in [2.45, 2.75) is 31.3 Å². The van der Waals surface area contributed by atoms with E-state index in [0.717, 1.165) is 5.56 Å². The minimum Gasteiger partial charge on any atom is -0.331 e. The fourth-order valence-electron chi connectivity index (χ4n) is 3.18. The summed E-state index contributed by atoms with van der Waals surface area (Å²) in [7, 11) is 0. The zero-order valence-corrected chi connectivity index (χ0v) is 15.1. The van der Waals surface area contributed by atoms with Crippen LogP contribution in [0.25, 0.3) is 0 Å². The average Bonchev–Trinajstić information content (AvgIpc) is 2.81. The second-order valence-electron chi connectivity index (χ2n) is 6.31. The van der Waals surface area contributed by atoms with Gasteiger partial charge in [-0.3, -0.25) is 10.1 Å². The third-order valence-electron chi connectivity index (χ3n) is 4.69. The molecule has 1 atom stereocenters. The number of urea groups is 2. The van der Waals surface area contributed by atoms with Crippen molar-refractivity contribution in [1.82, 2.24) is 20.9 Å². The number of carbonyl (C=O) groups excluding carboxylic acids is 3. The molecule has 3 rings (SSSR count). The van der Waals surface area contributed by atoms with Gasteiger partial charge in [0.05, 0.1) is 6.04 Å². The van der Waals surface area contributed by atoms with Gasteiger partial charge in [0.2, 0.25) is 0 Å². The van der Waals surface area contributed by atoms with Crippen molar-refractivity contribution in [3.63, 3.8) is 0 Å². The van der Waals surface area contributed by atoms with Gasteiger partial charge in [0.15, 0.2) is 0 Å². The Bertz CT molecular complexity index is 732. The SMILES string of the molecule is CC(NC(=O)N1CCC2(CC1)NC(=O)NC2=O)c1ccc(Cl)cc1Cl. The predicted octanol–water partition coefficient (Wildman–Crippen LogP) is 2.44. The zero-order chi connectivity index (χ0) is 18.2. The van der Waals surface area contributed by atoms with Gasteiger partial charge < -0.3 is 15.5 Å². The first-order chi connectivity index (χ1) is 11.8. The number of benzene rings is 1. The monoisotopic (exact) mass is 384 g/mol. The molecular formula is C16H18Cl2N4O3. The van der Waals surface area contributed by atoms with E-state index >= 15 is 0 Å². The Balaban J connectivity index is 1.59. The van der Waals surface area contributed by atoms with Crippen LogP contribution in [0.4, 0.5) is 9.59 Å². The van der Waals surface area contributed by atoms with E-state index in [-0.39, 0.29) is 18.0 Å². The standard InChI is InChI=1S/C16H18Cl2N4O3/c1-9(11-3-2-10(17)8-12(11)18)19-15(25)22-6-4-16(5-7-22)13(23)20-14(24)21-16/h2-3,8-9H,4-7H2,1H3,(H,19,25)(H2,20,21,23,24). The van der Waals surface area contributed by atoms with Crippen molar-refractivity contribution in [2.24, 2.45) is 0 Å². The fourth-order valence-corrected chi connectivity index (χ4v) is 3.75. The molecule has 2 fully saturated rings. The summed E-state index contributed by atoms with van der Waals surface area (Å²) in [5.74, 6) is -0.320. The lowest BCUT2D eigenvalue weighted by Crippen LogP contribution is -2.57. The van der Waals surface area contributed by atoms with E-state index in [4.69, 9.17) is 23.2 Å². The molecule has 134 valence electrons. The summed E-state index contributed by atoms with van der Waals surface area (Å²) in [5, 5.41) is 8.84. The second kappa shape index (κ2) is 6.72. The molecule has 1 aromatic rings. The molecule has 2 aliphatic rings. The number of nitrogens with one attached hydrogen (secondary N) is 3. The van der Waals surface area contributed by atoms with E-state index in [1.165, 1.54) is 0 Å². The number of rotatable bonds is 2. The summed E-state index contributed by atoms with van der Waals surface area (Å²) >= 11 is 12.1. The molecule has 9 heteroatoms. The molecule has 0 aromatic heterocycles. The molecule has 2 saturated heterocycles. The van der Waals surface area contributed by atoms with Crippen molar-refractivity contribution in [1.29, 1.82) is 0 Å². The number of hydrogen-bond donors (Lipinski definition) is 3. The number of carbonyl (C=O) groups is 3. The van der Waals surface area contributed by atoms with Gasteiger partial charge >= 0.3 is 12.1 Å². The second-order valence-corrected chi connectivity index (χ2v) is 7.16. The molecule has 2 aliphatic heterocycles. The van der Waals surface area contributed by atoms with E-state index in [2.05, 4.69) is 16.0 Å². The van der Waals surface area contributed by atoms with Crippen LogP contribution in [-0.2, 0) is 4.79 Å². The van der Waals surface area contributed by atoms with Crippen LogP contribution < -0.4 is 16.0 Å². The van der Waals surface area contributed by atoms with Gasteiger partial charge in [-0.1, -0.05) is 29.3 Å². The number of piperidine rings is 1. The Morgan fingerprint density at radius 2 is 1.96 bits per heavy atom. The van der Waals surface area contributed by atoms with E-state index in [9.17, 15) is 14.4 Å². The Kier molecular flexibility index (Phi) is 4.79. The quantitative estimate of drug-likeness (QED) is 0.683. The largest absolute Gasteiger partial charge is 0.331 e. The smallest absolute Gasteiger partial charge is 0.322 e. The molecule has 1 aromatic carbocycles. The van der Waals surface area contributed by atoms with Gasteiger partial charge in [-0.25, -0.2) is 9.59 Å². The lowest BCUT2D eigenvalue weighted by atomic mass is 9.88. The van der Waals surface area contributed by atoms with Crippen molar-refractivity contribution in [2.75, 3.05) is 13.1 Å². The number of nitrogens with zero attached hydrogens (tertiary/aromatic N) is 1. The van der Waals surface area contributed by atoms with Crippen molar-refractivity contribution >= 4 is 41.2 Å². The van der Waals surface area contributed by atoms with Gasteiger partial charge in [-0.05, 0) is 37.5 Å². The maximum atomic E-state index is 12.5. The highest BCUT2D eigenvalue weighted by Crippen LogP contribution is 2.28. The molecule has 0 bridgehead atoms. The Morgan fingerprint density at radius 1 is 1.28 bits per heavy atom. The summed E-state index contributed by atoms with van der Waals surface area (Å²) in [5.41, 5.74) is -0.116. The van der Waals surface area contributed by atoms with Gasteiger partial charge in [0.25, 0.3) is 5.91 Å². The van der Waals surface area contributed by atoms with E-state index in [1.54, 1.807) is 23.1 Å². The van der Waals surface area contributed by atoms with E-state index in [0.29, 0.717) is 36.0 Å². The van der Waals surface area contributed by atoms with Crippen LogP contribution >= 0.6 is 23.2 Å². The van der Waals surface area contributed by atoms with Crippen molar-refractivity contribution < 1.29 is 14.4 Å². The number of halogens is 2. The predicted molar refractivity (Wildman–Crippen MR) is 93.6 cm³/mol. The third-order valence-corrected chi connectivity index (χ3v) is 5.25. The third kappa shape index (κ3) is 3.52. The van der Waals surface area contributed by atoms with Crippen LogP contribution in [-0.4, -0.2) is 41.5 Å². The van der Waals surface area contributed by atoms with E-state index in [1.807, 2.05) is 6.92 Å². The molecule has 3 N–H and O–H groups in total. The molecule has 1 unspecified atom stereocenters. The van der Waals surface area contributed by atoms with Crippen LogP contribution in [0.15, 0.2) is 18.2 Å². The van der Waals surface area contributed by atoms with Gasteiger partial charge in [-0.15, -0.1) is 0 Å². The molecular weight excluding hydrogens is 367 g/mol. The van der Waals surface area contributed by atoms with Crippen LogP contribution in [0, 0.1) is 0 Å². The normalized spacial score (nSPS) is 20.2. The van der Waals surface area contributed by atoms with Crippen LogP contribution in [0.3, 0.4) is 0 Å². The minimum absolute atomic E-state index is 0.238. The maximum absolute atomic E-state index is 12.5. The topological polar surface area (TPSA) is 90.5 Å². The van der Waals surface area contributed by atoms with Gasteiger partial charge in [0, 0.05) is 23.1 Å². The first kappa shape index (κ1) is 17.8. The summed E-state index contributed by atoms with van der Waals surface area (Å²) in [6, 6.07) is 4.12. The Morgan fingerprint density at radius 3 is 2.52 bits per heavy atom. The number of imide groups is 1. The molecule has 2 heterocycles. The van der Waals surface area contributed by atoms with Crippen molar-refractivity contribution in [3.05, 3.63) is 33.8 Å². The van der Waals surface area contributed by atoms with Crippen LogP contribution in [0.1, 0.15) is 31.4 Å². The zero-order valence-electron chi connectivity index (χ0n) is 13.6. The highest BCUT2D eigenvalue weighted by molar-refractivity contribution is 6.35. The average molecular weight is 385 g/mol. The molecule has 0 aliphatic carbocycles. The number of likely N-dealkylation sites (tertiary alicyclic amines) is 1. The first-order valence-corrected chi connectivity index (χ1v) is 8.70. The summed E-state index contributed by atoms with van der Waals surface area (Å²) in [6.45, 7) is 2.59. The molecule has 1 spiro atoms. The van der Waals surface area contributed by atoms with Crippen LogP contribution in [0.2, 0.25) is 10.0 Å². The first-order valence-electron chi connectivity index (χ1n) is 7.95. The Labute approximate surface area is 155 Å². The number of amides is 5. The fraction of sp³-hybridized carbons (Fsp3) is 0.438. The molecule has 5 amide bonds. The van der Waals surface area contributed by atoms with E-state index < -0.39 is 11.6 Å². The highest BCUT2D eigenvalue weighted by atomic mass is 35.5. The van der Waals surface area contributed by atoms with Crippen molar-refractivity contribution in [3.8, 4) is 0 Å². The highest BCUT2D eigenvalue weighted by Gasteiger charge is 2.48. The lowest BCUT2D eigenvalue weighted by Gasteiger charge is -2.37. The molecule has 25 heavy (non-hydrogen) atoms. The Hall–Kier alpha value is -1.99. The summed E-state index contributed by atoms with van der Waals surface area (Å²) in [6.07, 6.45) is 0.766. The number of hydrogen-bond acceptors (Lipinski definition) is 3. The maximum Gasteiger partial charge on any atom is 0.322 e. The minimum atomic E-state index is -0.890. The summed E-state index contributed by atoms with van der Waals surface area (Å²) < 4.78 is 0. The molecule has 0 saturated carbocycles. The molecule has 7 nitrogen and oxygen atoms in total.